The first-order chi connectivity index (χ1) is 9.42. The SMILES string of the molecule is c1cncc(CCNc2ccc3ccccc3n2)c1. The van der Waals surface area contributed by atoms with Gasteiger partial charge in [-0.05, 0) is 36.2 Å². The summed E-state index contributed by atoms with van der Waals surface area (Å²) in [7, 11) is 0. The Morgan fingerprint density at radius 1 is 0.947 bits per heavy atom. The second kappa shape index (κ2) is 5.48. The Morgan fingerprint density at radius 2 is 1.89 bits per heavy atom. The number of hydrogen-bond acceptors (Lipinski definition) is 3. The number of rotatable bonds is 4. The van der Waals surface area contributed by atoms with Crippen molar-refractivity contribution >= 4 is 16.7 Å². The maximum Gasteiger partial charge on any atom is 0.126 e. The molecule has 0 bridgehead atoms. The van der Waals surface area contributed by atoms with Gasteiger partial charge in [-0.25, -0.2) is 4.98 Å². The summed E-state index contributed by atoms with van der Waals surface area (Å²) in [5, 5.41) is 4.51. The van der Waals surface area contributed by atoms with Crippen molar-refractivity contribution < 1.29 is 0 Å². The van der Waals surface area contributed by atoms with Gasteiger partial charge in [0.05, 0.1) is 5.52 Å². The summed E-state index contributed by atoms with van der Waals surface area (Å²) in [6.07, 6.45) is 4.64. The van der Waals surface area contributed by atoms with Gasteiger partial charge in [0.1, 0.15) is 5.82 Å². The van der Waals surface area contributed by atoms with E-state index in [1.807, 2.05) is 36.5 Å². The van der Waals surface area contributed by atoms with Gasteiger partial charge in [-0.2, -0.15) is 0 Å². The third-order valence-electron chi connectivity index (χ3n) is 3.04. The summed E-state index contributed by atoms with van der Waals surface area (Å²) < 4.78 is 0. The van der Waals surface area contributed by atoms with Crippen LogP contribution >= 0.6 is 0 Å². The van der Waals surface area contributed by atoms with E-state index in [1.54, 1.807) is 6.20 Å². The summed E-state index contributed by atoms with van der Waals surface area (Å²) in [4.78, 5) is 8.69. The molecule has 0 atom stereocenters. The number of pyridine rings is 2. The largest absolute Gasteiger partial charge is 0.370 e. The number of nitrogens with one attached hydrogen (secondary N) is 1. The average molecular weight is 249 g/mol. The average Bonchev–Trinajstić information content (AvgIpc) is 2.48. The first-order valence-corrected chi connectivity index (χ1v) is 6.40. The van der Waals surface area contributed by atoms with E-state index in [1.165, 1.54) is 10.9 Å². The van der Waals surface area contributed by atoms with Gasteiger partial charge in [-0.1, -0.05) is 24.3 Å². The molecule has 0 spiro atoms. The molecule has 3 nitrogen and oxygen atoms in total. The van der Waals surface area contributed by atoms with E-state index in [2.05, 4.69) is 33.5 Å². The third-order valence-corrected chi connectivity index (χ3v) is 3.04. The Labute approximate surface area is 112 Å². The molecular weight excluding hydrogens is 234 g/mol. The van der Waals surface area contributed by atoms with Crippen molar-refractivity contribution in [1.29, 1.82) is 0 Å². The number of benzene rings is 1. The zero-order chi connectivity index (χ0) is 12.9. The molecule has 0 saturated heterocycles. The monoisotopic (exact) mass is 249 g/mol. The highest BCUT2D eigenvalue weighted by Crippen LogP contribution is 2.14. The van der Waals surface area contributed by atoms with Crippen LogP contribution in [-0.4, -0.2) is 16.5 Å². The summed E-state index contributed by atoms with van der Waals surface area (Å²) >= 11 is 0. The molecule has 3 rings (SSSR count). The molecule has 19 heavy (non-hydrogen) atoms. The molecule has 1 N–H and O–H groups in total. The van der Waals surface area contributed by atoms with E-state index >= 15 is 0 Å². The fourth-order valence-electron chi connectivity index (χ4n) is 2.05. The lowest BCUT2D eigenvalue weighted by molar-refractivity contribution is 0.996. The summed E-state index contributed by atoms with van der Waals surface area (Å²) in [5.74, 6) is 0.919. The number of para-hydroxylation sites is 1. The Morgan fingerprint density at radius 3 is 2.79 bits per heavy atom. The zero-order valence-corrected chi connectivity index (χ0v) is 10.6. The molecule has 0 aliphatic heterocycles. The van der Waals surface area contributed by atoms with Crippen LogP contribution in [0, 0.1) is 0 Å². The van der Waals surface area contributed by atoms with E-state index < -0.39 is 0 Å². The molecule has 0 aliphatic rings. The normalized spacial score (nSPS) is 10.5. The minimum atomic E-state index is 0.858. The summed E-state index contributed by atoms with van der Waals surface area (Å²) in [6, 6.07) is 16.3. The van der Waals surface area contributed by atoms with Crippen LogP contribution < -0.4 is 5.32 Å². The number of anilines is 1. The van der Waals surface area contributed by atoms with Crippen LogP contribution in [0.2, 0.25) is 0 Å². The van der Waals surface area contributed by atoms with Crippen LogP contribution in [0.1, 0.15) is 5.56 Å². The standard InChI is InChI=1S/C16H15N3/c1-2-6-15-14(5-1)7-8-16(19-15)18-11-9-13-4-3-10-17-12-13/h1-8,10,12H,9,11H2,(H,18,19). The lowest BCUT2D eigenvalue weighted by atomic mass is 10.2. The van der Waals surface area contributed by atoms with Gasteiger partial charge in [0.15, 0.2) is 0 Å². The molecule has 2 heterocycles. The van der Waals surface area contributed by atoms with E-state index in [9.17, 15) is 0 Å². The molecular formula is C16H15N3. The van der Waals surface area contributed by atoms with Crippen LogP contribution in [0.25, 0.3) is 10.9 Å². The molecule has 3 aromatic rings. The van der Waals surface area contributed by atoms with E-state index in [0.29, 0.717) is 0 Å². The van der Waals surface area contributed by atoms with Crippen LogP contribution in [0.4, 0.5) is 5.82 Å². The zero-order valence-electron chi connectivity index (χ0n) is 10.6. The van der Waals surface area contributed by atoms with Crippen LogP contribution in [-0.2, 0) is 6.42 Å². The maximum atomic E-state index is 4.58. The Balaban J connectivity index is 1.65. The maximum absolute atomic E-state index is 4.58. The fraction of sp³-hybridized carbons (Fsp3) is 0.125. The van der Waals surface area contributed by atoms with Gasteiger partial charge in [-0.15, -0.1) is 0 Å². The topological polar surface area (TPSA) is 37.8 Å². The van der Waals surface area contributed by atoms with Crippen molar-refractivity contribution in [2.45, 2.75) is 6.42 Å². The summed E-state index contributed by atoms with van der Waals surface area (Å²) in [5.41, 5.74) is 2.25. The number of hydrogen-bond donors (Lipinski definition) is 1. The first-order valence-electron chi connectivity index (χ1n) is 6.40. The van der Waals surface area contributed by atoms with Crippen molar-refractivity contribution in [3.8, 4) is 0 Å². The predicted molar refractivity (Wildman–Crippen MR) is 78.2 cm³/mol. The van der Waals surface area contributed by atoms with Crippen molar-refractivity contribution in [2.24, 2.45) is 0 Å². The van der Waals surface area contributed by atoms with Gasteiger partial charge in [0, 0.05) is 24.3 Å². The molecule has 94 valence electrons. The molecule has 3 heteroatoms. The molecule has 0 aliphatic carbocycles. The highest BCUT2D eigenvalue weighted by molar-refractivity contribution is 5.79. The fourth-order valence-corrected chi connectivity index (χ4v) is 2.05. The molecule has 0 amide bonds. The molecule has 2 aromatic heterocycles. The molecule has 0 saturated carbocycles. The Bertz CT molecular complexity index is 665. The predicted octanol–water partition coefficient (Wildman–Crippen LogP) is 3.28. The molecule has 1 aromatic carbocycles. The van der Waals surface area contributed by atoms with E-state index in [-0.39, 0.29) is 0 Å². The minimum Gasteiger partial charge on any atom is -0.370 e. The highest BCUT2D eigenvalue weighted by atomic mass is 15.0. The van der Waals surface area contributed by atoms with Crippen molar-refractivity contribution in [3.05, 3.63) is 66.5 Å². The van der Waals surface area contributed by atoms with Crippen molar-refractivity contribution in [3.63, 3.8) is 0 Å². The highest BCUT2D eigenvalue weighted by Gasteiger charge is 1.97. The molecule has 0 fully saturated rings. The number of aromatic nitrogens is 2. The van der Waals surface area contributed by atoms with Gasteiger partial charge >= 0.3 is 0 Å². The smallest absolute Gasteiger partial charge is 0.126 e. The van der Waals surface area contributed by atoms with E-state index in [4.69, 9.17) is 0 Å². The second-order valence-electron chi connectivity index (χ2n) is 4.43. The number of fused-ring (bicyclic) bond motifs is 1. The lowest BCUT2D eigenvalue weighted by Gasteiger charge is -2.06. The van der Waals surface area contributed by atoms with Gasteiger partial charge in [-0.3, -0.25) is 4.98 Å². The molecule has 0 unspecified atom stereocenters. The van der Waals surface area contributed by atoms with Crippen LogP contribution in [0.15, 0.2) is 60.9 Å². The Kier molecular flexibility index (Phi) is 3.36. The Hall–Kier alpha value is -2.42. The van der Waals surface area contributed by atoms with Gasteiger partial charge < -0.3 is 5.32 Å². The van der Waals surface area contributed by atoms with Crippen LogP contribution in [0.3, 0.4) is 0 Å². The molecule has 0 radical (unpaired) electrons. The van der Waals surface area contributed by atoms with Crippen LogP contribution in [0.5, 0.6) is 0 Å². The van der Waals surface area contributed by atoms with Crippen molar-refractivity contribution in [2.75, 3.05) is 11.9 Å². The van der Waals surface area contributed by atoms with E-state index in [0.717, 1.165) is 24.3 Å². The lowest BCUT2D eigenvalue weighted by Crippen LogP contribution is -2.06. The van der Waals surface area contributed by atoms with Gasteiger partial charge in [0.2, 0.25) is 0 Å². The third kappa shape index (κ3) is 2.88. The second-order valence-corrected chi connectivity index (χ2v) is 4.43. The summed E-state index contributed by atoms with van der Waals surface area (Å²) in [6.45, 7) is 0.858. The van der Waals surface area contributed by atoms with Crippen molar-refractivity contribution in [1.82, 2.24) is 9.97 Å². The van der Waals surface area contributed by atoms with Gasteiger partial charge in [0.25, 0.3) is 0 Å². The quantitative estimate of drug-likeness (QED) is 0.771. The number of nitrogens with zero attached hydrogens (tertiary/aromatic N) is 2. The minimum absolute atomic E-state index is 0.858. The first kappa shape index (κ1) is 11.7.